The Balaban J connectivity index is 1.66. The van der Waals surface area contributed by atoms with E-state index >= 15 is 0 Å². The first-order valence-corrected chi connectivity index (χ1v) is 10.1. The Labute approximate surface area is 164 Å². The highest BCUT2D eigenvalue weighted by molar-refractivity contribution is 7.89. The molecule has 152 valence electrons. The Morgan fingerprint density at radius 3 is 1.96 bits per heavy atom. The third kappa shape index (κ3) is 6.75. The Hall–Kier alpha value is -2.78. The maximum absolute atomic E-state index is 12.2. The Bertz CT molecular complexity index is 851. The fourth-order valence-electron chi connectivity index (χ4n) is 2.26. The first-order chi connectivity index (χ1) is 13.4. The number of nitrogens with one attached hydrogen (secondary N) is 2. The summed E-state index contributed by atoms with van der Waals surface area (Å²) in [4.78, 5) is 11.9. The van der Waals surface area contributed by atoms with Gasteiger partial charge in [0.1, 0.15) is 23.9 Å². The highest BCUT2D eigenvalue weighted by atomic mass is 32.2. The molecule has 0 aliphatic carbocycles. The second kappa shape index (κ2) is 10.5. The molecule has 9 heteroatoms. The number of carbonyl (C=O) groups is 1. The molecule has 0 saturated carbocycles. The van der Waals surface area contributed by atoms with Crippen LogP contribution < -0.4 is 24.2 Å². The van der Waals surface area contributed by atoms with Crippen LogP contribution in [-0.4, -0.2) is 48.2 Å². The van der Waals surface area contributed by atoms with Crippen molar-refractivity contribution in [2.75, 3.05) is 33.9 Å². The zero-order chi connectivity index (χ0) is 20.4. The summed E-state index contributed by atoms with van der Waals surface area (Å²) < 4.78 is 42.3. The fraction of sp³-hybridized carbons (Fsp3) is 0.316. The second-order valence-electron chi connectivity index (χ2n) is 5.70. The van der Waals surface area contributed by atoms with Crippen molar-refractivity contribution < 1.29 is 27.4 Å². The van der Waals surface area contributed by atoms with Crippen molar-refractivity contribution in [1.82, 2.24) is 10.0 Å². The zero-order valence-electron chi connectivity index (χ0n) is 15.8. The van der Waals surface area contributed by atoms with Gasteiger partial charge in [0.25, 0.3) is 0 Å². The number of hydrogen-bond acceptors (Lipinski definition) is 6. The molecule has 8 nitrogen and oxygen atoms in total. The van der Waals surface area contributed by atoms with Crippen molar-refractivity contribution in [3.63, 3.8) is 0 Å². The summed E-state index contributed by atoms with van der Waals surface area (Å²) in [5, 5.41) is 2.68. The van der Waals surface area contributed by atoms with Gasteiger partial charge in [0.05, 0.1) is 25.7 Å². The molecule has 0 heterocycles. The summed E-state index contributed by atoms with van der Waals surface area (Å²) in [6, 6.07) is 13.1. The molecule has 1 amide bonds. The van der Waals surface area contributed by atoms with Gasteiger partial charge in [0, 0.05) is 13.0 Å². The monoisotopic (exact) mass is 408 g/mol. The molecule has 0 spiro atoms. The van der Waals surface area contributed by atoms with Crippen molar-refractivity contribution in [3.05, 3.63) is 48.5 Å². The minimum Gasteiger partial charge on any atom is -0.497 e. The third-order valence-electron chi connectivity index (χ3n) is 3.77. The Morgan fingerprint density at radius 1 is 0.857 bits per heavy atom. The molecule has 2 aromatic rings. The Kier molecular flexibility index (Phi) is 8.09. The number of hydrogen-bond donors (Lipinski definition) is 2. The van der Waals surface area contributed by atoms with Gasteiger partial charge in [-0.3, -0.25) is 4.79 Å². The number of ether oxygens (including phenoxy) is 3. The minimum absolute atomic E-state index is 0.000463. The maximum Gasteiger partial charge on any atom is 0.240 e. The maximum atomic E-state index is 12.2. The summed E-state index contributed by atoms with van der Waals surface area (Å²) in [6.45, 7) is 0.616. The SMILES string of the molecule is COc1ccc(OCCNC(=O)CCNS(=O)(=O)c2ccc(OC)cc2)cc1. The molecule has 0 fully saturated rings. The second-order valence-corrected chi connectivity index (χ2v) is 7.46. The van der Waals surface area contributed by atoms with Crippen LogP contribution in [-0.2, 0) is 14.8 Å². The molecule has 0 bridgehead atoms. The lowest BCUT2D eigenvalue weighted by molar-refractivity contribution is -0.121. The predicted octanol–water partition coefficient (Wildman–Crippen LogP) is 1.57. The number of benzene rings is 2. The van der Waals surface area contributed by atoms with Crippen molar-refractivity contribution in [1.29, 1.82) is 0 Å². The van der Waals surface area contributed by atoms with Crippen LogP contribution in [0.25, 0.3) is 0 Å². The lowest BCUT2D eigenvalue weighted by atomic mass is 10.3. The molecule has 28 heavy (non-hydrogen) atoms. The summed E-state index contributed by atoms with van der Waals surface area (Å²) >= 11 is 0. The molecule has 0 aliphatic heterocycles. The van der Waals surface area contributed by atoms with E-state index in [0.717, 1.165) is 5.75 Å². The van der Waals surface area contributed by atoms with Gasteiger partial charge in [-0.15, -0.1) is 0 Å². The molecular weight excluding hydrogens is 384 g/mol. The topological polar surface area (TPSA) is 103 Å². The zero-order valence-corrected chi connectivity index (χ0v) is 16.6. The van der Waals surface area contributed by atoms with E-state index in [9.17, 15) is 13.2 Å². The first-order valence-electron chi connectivity index (χ1n) is 8.62. The average molecular weight is 408 g/mol. The summed E-state index contributed by atoms with van der Waals surface area (Å²) in [5.74, 6) is 1.70. The standard InChI is InChI=1S/C19H24N2O6S/c1-25-15-3-5-17(6-4-15)27-14-13-20-19(22)11-12-21-28(23,24)18-9-7-16(26-2)8-10-18/h3-10,21H,11-14H2,1-2H3,(H,20,22). The average Bonchev–Trinajstić information content (AvgIpc) is 2.71. The quantitative estimate of drug-likeness (QED) is 0.547. The number of amides is 1. The molecular formula is C19H24N2O6S. The highest BCUT2D eigenvalue weighted by Crippen LogP contribution is 2.17. The molecule has 0 unspecified atom stereocenters. The number of methoxy groups -OCH3 is 2. The van der Waals surface area contributed by atoms with Gasteiger partial charge < -0.3 is 19.5 Å². The molecule has 2 aromatic carbocycles. The van der Waals surface area contributed by atoms with Crippen LogP contribution in [0.1, 0.15) is 6.42 Å². The van der Waals surface area contributed by atoms with Crippen molar-refractivity contribution in [3.8, 4) is 17.2 Å². The van der Waals surface area contributed by atoms with E-state index in [1.165, 1.54) is 19.2 Å². The third-order valence-corrected chi connectivity index (χ3v) is 5.24. The van der Waals surface area contributed by atoms with Gasteiger partial charge in [0.2, 0.25) is 15.9 Å². The molecule has 0 saturated heterocycles. The van der Waals surface area contributed by atoms with Gasteiger partial charge >= 0.3 is 0 Å². The highest BCUT2D eigenvalue weighted by Gasteiger charge is 2.14. The van der Waals surface area contributed by atoms with E-state index < -0.39 is 10.0 Å². The molecule has 2 N–H and O–H groups in total. The van der Waals surface area contributed by atoms with E-state index in [2.05, 4.69) is 10.0 Å². The van der Waals surface area contributed by atoms with E-state index in [1.807, 2.05) is 0 Å². The lowest BCUT2D eigenvalue weighted by Crippen LogP contribution is -2.32. The number of carbonyl (C=O) groups excluding carboxylic acids is 1. The number of sulfonamides is 1. The largest absolute Gasteiger partial charge is 0.497 e. The molecule has 0 aliphatic rings. The van der Waals surface area contributed by atoms with Crippen molar-refractivity contribution >= 4 is 15.9 Å². The summed E-state index contributed by atoms with van der Waals surface area (Å²) in [6.07, 6.45) is 0.0257. The lowest BCUT2D eigenvalue weighted by Gasteiger charge is -2.09. The number of rotatable bonds is 11. The van der Waals surface area contributed by atoms with Crippen LogP contribution >= 0.6 is 0 Å². The summed E-state index contributed by atoms with van der Waals surface area (Å²) in [7, 11) is -0.580. The molecule has 0 atom stereocenters. The van der Waals surface area contributed by atoms with Crippen molar-refractivity contribution in [2.24, 2.45) is 0 Å². The summed E-state index contributed by atoms with van der Waals surface area (Å²) in [5.41, 5.74) is 0. The molecule has 0 aromatic heterocycles. The Morgan fingerprint density at radius 2 is 1.39 bits per heavy atom. The van der Waals surface area contributed by atoms with Gasteiger partial charge in [-0.05, 0) is 48.5 Å². The predicted molar refractivity (Wildman–Crippen MR) is 104 cm³/mol. The smallest absolute Gasteiger partial charge is 0.240 e. The van der Waals surface area contributed by atoms with Crippen LogP contribution in [0.2, 0.25) is 0 Å². The normalized spacial score (nSPS) is 10.9. The fourth-order valence-corrected chi connectivity index (χ4v) is 3.29. The van der Waals surface area contributed by atoms with Gasteiger partial charge in [-0.25, -0.2) is 13.1 Å². The molecule has 2 rings (SSSR count). The minimum atomic E-state index is -3.67. The van der Waals surface area contributed by atoms with E-state index in [-0.39, 0.29) is 23.8 Å². The first kappa shape index (κ1) is 21.5. The van der Waals surface area contributed by atoms with E-state index in [1.54, 1.807) is 43.5 Å². The van der Waals surface area contributed by atoms with Gasteiger partial charge in [0.15, 0.2) is 0 Å². The van der Waals surface area contributed by atoms with Crippen LogP contribution in [0.5, 0.6) is 17.2 Å². The molecule has 0 radical (unpaired) electrons. The van der Waals surface area contributed by atoms with Crippen LogP contribution in [0.3, 0.4) is 0 Å². The van der Waals surface area contributed by atoms with E-state index in [0.29, 0.717) is 24.7 Å². The van der Waals surface area contributed by atoms with Gasteiger partial charge in [-0.2, -0.15) is 0 Å². The van der Waals surface area contributed by atoms with Crippen LogP contribution in [0.4, 0.5) is 0 Å². The van der Waals surface area contributed by atoms with Gasteiger partial charge in [-0.1, -0.05) is 0 Å². The van der Waals surface area contributed by atoms with Crippen LogP contribution in [0, 0.1) is 0 Å². The van der Waals surface area contributed by atoms with Crippen LogP contribution in [0.15, 0.2) is 53.4 Å². The van der Waals surface area contributed by atoms with Crippen molar-refractivity contribution in [2.45, 2.75) is 11.3 Å². The van der Waals surface area contributed by atoms with E-state index in [4.69, 9.17) is 14.2 Å².